The number of nitrogens with zero attached hydrogens (tertiary/aromatic N) is 2. The van der Waals surface area contributed by atoms with Gasteiger partial charge in [0, 0.05) is 5.92 Å². The first-order valence-corrected chi connectivity index (χ1v) is 11.0. The number of nitrogens with one attached hydrogen (secondary N) is 1. The van der Waals surface area contributed by atoms with Crippen molar-refractivity contribution in [3.8, 4) is 5.75 Å². The maximum Gasteiger partial charge on any atom is 0.280 e. The Balaban J connectivity index is 1.75. The summed E-state index contributed by atoms with van der Waals surface area (Å²) in [5, 5.41) is 8.32. The van der Waals surface area contributed by atoms with Gasteiger partial charge in [-0.25, -0.2) is 0 Å². The van der Waals surface area contributed by atoms with Crippen molar-refractivity contribution in [3.63, 3.8) is 0 Å². The summed E-state index contributed by atoms with van der Waals surface area (Å²) in [7, 11) is 0. The molecule has 2 aromatic rings. The number of hydrogen-bond acceptors (Lipinski definition) is 4. The molecule has 0 aromatic heterocycles. The average molecular weight is 495 g/mol. The Bertz CT molecular complexity index is 1050. The molecule has 32 heavy (non-hydrogen) atoms. The van der Waals surface area contributed by atoms with E-state index in [1.165, 1.54) is 5.01 Å². The monoisotopic (exact) mass is 493 g/mol. The minimum absolute atomic E-state index is 0.207. The molecule has 168 valence electrons. The van der Waals surface area contributed by atoms with Crippen LogP contribution in [0.1, 0.15) is 26.3 Å². The highest BCUT2D eigenvalue weighted by atomic mass is 35.6. The van der Waals surface area contributed by atoms with Crippen molar-refractivity contribution in [1.82, 2.24) is 5.32 Å². The number of ether oxygens (including phenoxy) is 1. The van der Waals surface area contributed by atoms with Crippen LogP contribution in [0, 0.1) is 5.92 Å². The predicted octanol–water partition coefficient (Wildman–Crippen LogP) is 5.34. The molecule has 1 heterocycles. The number of hydrogen-bond donors (Lipinski definition) is 1. The third-order valence-electron chi connectivity index (χ3n) is 4.60. The first-order valence-electron chi connectivity index (χ1n) is 9.87. The zero-order valence-electron chi connectivity index (χ0n) is 17.7. The van der Waals surface area contributed by atoms with Crippen LogP contribution in [-0.4, -0.2) is 27.5 Å². The fraction of sp³-hybridized carbons (Fsp3) is 0.261. The van der Waals surface area contributed by atoms with Crippen molar-refractivity contribution in [2.24, 2.45) is 11.0 Å². The summed E-state index contributed by atoms with van der Waals surface area (Å²) < 4.78 is 3.83. The van der Waals surface area contributed by atoms with Crippen molar-refractivity contribution >= 4 is 64.1 Å². The van der Waals surface area contributed by atoms with Crippen LogP contribution in [0.25, 0.3) is 6.08 Å². The summed E-state index contributed by atoms with van der Waals surface area (Å²) in [6.45, 7) is 5.23. The van der Waals surface area contributed by atoms with Gasteiger partial charge in [-0.1, -0.05) is 79.0 Å². The quantitative estimate of drug-likeness (QED) is 0.335. The number of carbonyl (C=O) groups is 2. The molecule has 1 aliphatic rings. The SMILES string of the molecule is CC1=NN(c2ccccc2)C(=O)/C1=C/c1ccc(O[C@H](NC(=O)C(C)C)C(Cl)(Cl)Cl)cc1. The first kappa shape index (κ1) is 24.1. The number of rotatable bonds is 6. The molecule has 0 fully saturated rings. The fourth-order valence-corrected chi connectivity index (χ4v) is 3.15. The number of amides is 2. The van der Waals surface area contributed by atoms with Crippen LogP contribution in [0.2, 0.25) is 0 Å². The Morgan fingerprint density at radius 2 is 1.72 bits per heavy atom. The molecule has 0 saturated heterocycles. The number of para-hydroxylation sites is 1. The maximum absolute atomic E-state index is 12.8. The van der Waals surface area contributed by atoms with Crippen molar-refractivity contribution in [2.75, 3.05) is 5.01 Å². The molecule has 1 atom stereocenters. The van der Waals surface area contributed by atoms with Gasteiger partial charge in [0.2, 0.25) is 15.9 Å². The third kappa shape index (κ3) is 5.82. The van der Waals surface area contributed by atoms with E-state index in [9.17, 15) is 9.59 Å². The van der Waals surface area contributed by atoms with E-state index in [2.05, 4.69) is 10.4 Å². The van der Waals surface area contributed by atoms with Gasteiger partial charge in [-0.2, -0.15) is 10.1 Å². The molecule has 1 N–H and O–H groups in total. The van der Waals surface area contributed by atoms with Crippen LogP contribution in [0.4, 0.5) is 5.69 Å². The summed E-state index contributed by atoms with van der Waals surface area (Å²) in [6, 6.07) is 16.1. The number of carbonyl (C=O) groups excluding carboxylic acids is 2. The largest absolute Gasteiger partial charge is 0.466 e. The minimum Gasteiger partial charge on any atom is -0.466 e. The molecule has 6 nitrogen and oxygen atoms in total. The van der Waals surface area contributed by atoms with Crippen LogP contribution in [-0.2, 0) is 9.59 Å². The summed E-state index contributed by atoms with van der Waals surface area (Å²) in [6.07, 6.45) is 0.581. The second-order valence-corrected chi connectivity index (χ2v) is 9.84. The normalized spacial score (nSPS) is 16.3. The molecule has 0 spiro atoms. The van der Waals surface area contributed by atoms with E-state index < -0.39 is 10.0 Å². The lowest BCUT2D eigenvalue weighted by Gasteiger charge is -2.27. The predicted molar refractivity (Wildman–Crippen MR) is 129 cm³/mol. The van der Waals surface area contributed by atoms with Crippen LogP contribution in [0.15, 0.2) is 65.3 Å². The number of anilines is 1. The summed E-state index contributed by atoms with van der Waals surface area (Å²) in [4.78, 5) is 24.8. The lowest BCUT2D eigenvalue weighted by atomic mass is 10.1. The van der Waals surface area contributed by atoms with Crippen LogP contribution in [0.5, 0.6) is 5.75 Å². The Labute approximate surface area is 201 Å². The Kier molecular flexibility index (Phi) is 7.49. The number of alkyl halides is 3. The Morgan fingerprint density at radius 3 is 2.28 bits per heavy atom. The lowest BCUT2D eigenvalue weighted by Crippen LogP contribution is -2.49. The smallest absolute Gasteiger partial charge is 0.280 e. The van der Waals surface area contributed by atoms with Crippen LogP contribution >= 0.6 is 34.8 Å². The highest BCUT2D eigenvalue weighted by Gasteiger charge is 2.36. The molecular formula is C23H22Cl3N3O3. The van der Waals surface area contributed by atoms with Gasteiger partial charge < -0.3 is 10.1 Å². The van der Waals surface area contributed by atoms with E-state index in [0.717, 1.165) is 5.56 Å². The molecule has 3 rings (SSSR count). The van der Waals surface area contributed by atoms with E-state index >= 15 is 0 Å². The van der Waals surface area contributed by atoms with E-state index in [1.807, 2.05) is 30.3 Å². The molecular weight excluding hydrogens is 473 g/mol. The standard InChI is InChI=1S/C23H22Cl3N3O3/c1-14(2)20(30)27-22(23(24,25)26)32-18-11-9-16(10-12-18)13-19-15(3)28-29(21(19)31)17-7-5-4-6-8-17/h4-14,22H,1-3H3,(H,27,30)/b19-13+/t22-/m0/s1. The molecule has 2 amide bonds. The van der Waals surface area contributed by atoms with E-state index in [0.29, 0.717) is 22.7 Å². The minimum atomic E-state index is -1.87. The zero-order valence-corrected chi connectivity index (χ0v) is 19.9. The van der Waals surface area contributed by atoms with Gasteiger partial charge in [0.05, 0.1) is 17.0 Å². The molecule has 0 saturated carbocycles. The summed E-state index contributed by atoms with van der Waals surface area (Å²) >= 11 is 17.9. The Morgan fingerprint density at radius 1 is 1.09 bits per heavy atom. The maximum atomic E-state index is 12.8. The van der Waals surface area contributed by atoms with E-state index in [-0.39, 0.29) is 17.7 Å². The molecule has 9 heteroatoms. The highest BCUT2D eigenvalue weighted by Crippen LogP contribution is 2.32. The molecule has 2 aromatic carbocycles. The zero-order chi connectivity index (χ0) is 23.5. The molecule has 1 aliphatic heterocycles. The molecule has 0 unspecified atom stereocenters. The van der Waals surface area contributed by atoms with Crippen LogP contribution < -0.4 is 15.1 Å². The second-order valence-electron chi connectivity index (χ2n) is 7.47. The van der Waals surface area contributed by atoms with Gasteiger partial charge >= 0.3 is 0 Å². The molecule has 0 aliphatic carbocycles. The van der Waals surface area contributed by atoms with Gasteiger partial charge in [0.1, 0.15) is 5.75 Å². The van der Waals surface area contributed by atoms with E-state index in [4.69, 9.17) is 39.5 Å². The number of benzene rings is 2. The number of hydrazone groups is 1. The van der Waals surface area contributed by atoms with Gasteiger partial charge in [-0.05, 0) is 42.8 Å². The lowest BCUT2D eigenvalue weighted by molar-refractivity contribution is -0.126. The van der Waals surface area contributed by atoms with Crippen molar-refractivity contribution < 1.29 is 14.3 Å². The summed E-state index contributed by atoms with van der Waals surface area (Å²) in [5.41, 5.74) is 2.57. The highest BCUT2D eigenvalue weighted by molar-refractivity contribution is 6.68. The van der Waals surface area contributed by atoms with Crippen molar-refractivity contribution in [2.45, 2.75) is 30.8 Å². The van der Waals surface area contributed by atoms with Crippen LogP contribution in [0.3, 0.4) is 0 Å². The van der Waals surface area contributed by atoms with Crippen molar-refractivity contribution in [3.05, 3.63) is 65.7 Å². The summed E-state index contributed by atoms with van der Waals surface area (Å²) in [5.74, 6) is -0.421. The van der Waals surface area contributed by atoms with Gasteiger partial charge in [0.15, 0.2) is 0 Å². The van der Waals surface area contributed by atoms with Gasteiger partial charge in [0.25, 0.3) is 5.91 Å². The molecule has 0 radical (unpaired) electrons. The van der Waals surface area contributed by atoms with E-state index in [1.54, 1.807) is 51.1 Å². The topological polar surface area (TPSA) is 71.0 Å². The Hall–Kier alpha value is -2.54. The van der Waals surface area contributed by atoms with Crippen molar-refractivity contribution in [1.29, 1.82) is 0 Å². The molecule has 0 bridgehead atoms. The first-order chi connectivity index (χ1) is 15.1. The third-order valence-corrected chi connectivity index (χ3v) is 5.20. The van der Waals surface area contributed by atoms with Gasteiger partial charge in [-0.3, -0.25) is 9.59 Å². The fourth-order valence-electron chi connectivity index (χ4n) is 2.85. The average Bonchev–Trinajstić information content (AvgIpc) is 3.02. The number of halogens is 3. The second kappa shape index (κ2) is 9.94. The van der Waals surface area contributed by atoms with Gasteiger partial charge in [-0.15, -0.1) is 0 Å².